The average Bonchev–Trinajstić information content (AvgIpc) is 2.38. The van der Waals surface area contributed by atoms with Crippen molar-refractivity contribution < 1.29 is 9.72 Å². The van der Waals surface area contributed by atoms with Crippen molar-refractivity contribution in [2.75, 3.05) is 6.54 Å². The lowest BCUT2D eigenvalue weighted by atomic mass is 10.0. The Morgan fingerprint density at radius 2 is 2.11 bits per heavy atom. The Hall–Kier alpha value is -1.91. The Morgan fingerprint density at radius 1 is 1.39 bits per heavy atom. The van der Waals surface area contributed by atoms with E-state index in [9.17, 15) is 14.9 Å². The van der Waals surface area contributed by atoms with Gasteiger partial charge in [-0.3, -0.25) is 14.9 Å². The van der Waals surface area contributed by atoms with E-state index >= 15 is 0 Å². The first-order chi connectivity index (χ1) is 8.61. The van der Waals surface area contributed by atoms with Crippen molar-refractivity contribution in [3.63, 3.8) is 0 Å². The van der Waals surface area contributed by atoms with E-state index in [0.29, 0.717) is 6.54 Å². The molecule has 0 spiro atoms. The molecule has 0 radical (unpaired) electrons. The normalized spacial score (nSPS) is 19.6. The molecule has 1 aliphatic heterocycles. The maximum absolute atomic E-state index is 12.4. The zero-order chi connectivity index (χ0) is 13.1. The Balaban J connectivity index is 2.30. The Labute approximate surface area is 106 Å². The van der Waals surface area contributed by atoms with Gasteiger partial charge in [0.15, 0.2) is 0 Å². The molecule has 1 aliphatic rings. The molecule has 0 unspecified atom stereocenters. The molecule has 1 fully saturated rings. The molecule has 5 nitrogen and oxygen atoms in total. The van der Waals surface area contributed by atoms with E-state index in [1.54, 1.807) is 17.0 Å². The third kappa shape index (κ3) is 2.34. The van der Waals surface area contributed by atoms with Crippen LogP contribution in [0.3, 0.4) is 0 Å². The number of likely N-dealkylation sites (tertiary alicyclic amines) is 1. The number of para-hydroxylation sites is 1. The van der Waals surface area contributed by atoms with E-state index in [-0.39, 0.29) is 23.2 Å². The van der Waals surface area contributed by atoms with Crippen LogP contribution < -0.4 is 0 Å². The SMILES string of the molecule is C[C@@H]1CCCCN1C(=O)c1ccccc1[N+](=O)[O-]. The van der Waals surface area contributed by atoms with Gasteiger partial charge in [0, 0.05) is 18.7 Å². The molecular weight excluding hydrogens is 232 g/mol. The highest BCUT2D eigenvalue weighted by atomic mass is 16.6. The summed E-state index contributed by atoms with van der Waals surface area (Å²) in [7, 11) is 0. The predicted octanol–water partition coefficient (Wildman–Crippen LogP) is 2.61. The van der Waals surface area contributed by atoms with Crippen LogP contribution in [0.25, 0.3) is 0 Å². The van der Waals surface area contributed by atoms with Crippen molar-refractivity contribution in [3.05, 3.63) is 39.9 Å². The molecule has 0 saturated carbocycles. The van der Waals surface area contributed by atoms with Crippen molar-refractivity contribution in [2.45, 2.75) is 32.2 Å². The predicted molar refractivity (Wildman–Crippen MR) is 67.4 cm³/mol. The van der Waals surface area contributed by atoms with Crippen molar-refractivity contribution in [3.8, 4) is 0 Å². The monoisotopic (exact) mass is 248 g/mol. The summed E-state index contributed by atoms with van der Waals surface area (Å²) < 4.78 is 0. The molecule has 2 rings (SSSR count). The number of hydrogen-bond acceptors (Lipinski definition) is 3. The molecule has 1 atom stereocenters. The van der Waals surface area contributed by atoms with E-state index in [0.717, 1.165) is 19.3 Å². The lowest BCUT2D eigenvalue weighted by Gasteiger charge is -2.33. The Morgan fingerprint density at radius 3 is 2.78 bits per heavy atom. The first kappa shape index (κ1) is 12.5. The number of benzene rings is 1. The van der Waals surface area contributed by atoms with Crippen LogP contribution in [0.4, 0.5) is 5.69 Å². The van der Waals surface area contributed by atoms with Gasteiger partial charge in [0.1, 0.15) is 5.56 Å². The first-order valence-electron chi connectivity index (χ1n) is 6.15. The fraction of sp³-hybridized carbons (Fsp3) is 0.462. The standard InChI is InChI=1S/C13H16N2O3/c1-10-6-4-5-9-14(10)13(16)11-7-2-3-8-12(11)15(17)18/h2-3,7-8,10H,4-6,9H2,1H3/t10-/m1/s1. The van der Waals surface area contributed by atoms with Crippen LogP contribution in [-0.2, 0) is 0 Å². The van der Waals surface area contributed by atoms with Gasteiger partial charge in [0.05, 0.1) is 4.92 Å². The Kier molecular flexibility index (Phi) is 3.60. The fourth-order valence-electron chi connectivity index (χ4n) is 2.37. The summed E-state index contributed by atoms with van der Waals surface area (Å²) in [4.78, 5) is 24.5. The fourth-order valence-corrected chi connectivity index (χ4v) is 2.37. The van der Waals surface area contributed by atoms with E-state index in [2.05, 4.69) is 0 Å². The van der Waals surface area contributed by atoms with Gasteiger partial charge in [0.25, 0.3) is 11.6 Å². The van der Waals surface area contributed by atoms with Crippen LogP contribution in [0.5, 0.6) is 0 Å². The topological polar surface area (TPSA) is 63.5 Å². The number of rotatable bonds is 2. The van der Waals surface area contributed by atoms with Gasteiger partial charge < -0.3 is 4.90 Å². The van der Waals surface area contributed by atoms with Crippen LogP contribution in [0.1, 0.15) is 36.5 Å². The van der Waals surface area contributed by atoms with Crippen molar-refractivity contribution >= 4 is 11.6 Å². The highest BCUT2D eigenvalue weighted by molar-refractivity contribution is 5.98. The van der Waals surface area contributed by atoms with Gasteiger partial charge in [-0.2, -0.15) is 0 Å². The average molecular weight is 248 g/mol. The third-order valence-corrected chi connectivity index (χ3v) is 3.39. The van der Waals surface area contributed by atoms with Crippen molar-refractivity contribution in [1.29, 1.82) is 0 Å². The van der Waals surface area contributed by atoms with Gasteiger partial charge >= 0.3 is 0 Å². The van der Waals surface area contributed by atoms with Crippen LogP contribution in [0.2, 0.25) is 0 Å². The molecular formula is C13H16N2O3. The molecule has 0 bridgehead atoms. The molecule has 1 saturated heterocycles. The molecule has 0 N–H and O–H groups in total. The number of carbonyl (C=O) groups excluding carboxylic acids is 1. The molecule has 1 amide bonds. The summed E-state index contributed by atoms with van der Waals surface area (Å²) in [5.74, 6) is -0.227. The van der Waals surface area contributed by atoms with Gasteiger partial charge in [-0.05, 0) is 32.3 Å². The van der Waals surface area contributed by atoms with Crippen LogP contribution in [0, 0.1) is 10.1 Å². The summed E-state index contributed by atoms with van der Waals surface area (Å²) in [5.41, 5.74) is 0.0801. The molecule has 5 heteroatoms. The maximum Gasteiger partial charge on any atom is 0.282 e. The quantitative estimate of drug-likeness (QED) is 0.597. The summed E-state index contributed by atoms with van der Waals surface area (Å²) >= 11 is 0. The number of nitro groups is 1. The first-order valence-corrected chi connectivity index (χ1v) is 6.15. The number of nitro benzene ring substituents is 1. The molecule has 1 aromatic rings. The van der Waals surface area contributed by atoms with Crippen molar-refractivity contribution in [2.24, 2.45) is 0 Å². The van der Waals surface area contributed by atoms with Crippen LogP contribution in [-0.4, -0.2) is 28.3 Å². The maximum atomic E-state index is 12.4. The number of nitrogens with zero attached hydrogens (tertiary/aromatic N) is 2. The molecule has 1 heterocycles. The third-order valence-electron chi connectivity index (χ3n) is 3.39. The number of piperidine rings is 1. The number of amides is 1. The van der Waals surface area contributed by atoms with Crippen molar-refractivity contribution in [1.82, 2.24) is 4.90 Å². The number of carbonyl (C=O) groups is 1. The zero-order valence-corrected chi connectivity index (χ0v) is 10.3. The summed E-state index contributed by atoms with van der Waals surface area (Å²) in [5, 5.41) is 10.9. The van der Waals surface area contributed by atoms with Gasteiger partial charge in [-0.1, -0.05) is 12.1 Å². The summed E-state index contributed by atoms with van der Waals surface area (Å²) in [6.45, 7) is 2.68. The second-order valence-electron chi connectivity index (χ2n) is 4.62. The van der Waals surface area contributed by atoms with Gasteiger partial charge in [-0.25, -0.2) is 0 Å². The van der Waals surface area contributed by atoms with E-state index in [1.165, 1.54) is 12.1 Å². The smallest absolute Gasteiger partial charge is 0.282 e. The molecule has 0 aliphatic carbocycles. The minimum atomic E-state index is -0.498. The minimum Gasteiger partial charge on any atom is -0.336 e. The van der Waals surface area contributed by atoms with Crippen LogP contribution in [0.15, 0.2) is 24.3 Å². The second-order valence-corrected chi connectivity index (χ2v) is 4.62. The Bertz CT molecular complexity index is 473. The summed E-state index contributed by atoms with van der Waals surface area (Å²) in [6, 6.07) is 6.30. The molecule has 1 aromatic carbocycles. The highest BCUT2D eigenvalue weighted by Crippen LogP contribution is 2.24. The van der Waals surface area contributed by atoms with E-state index < -0.39 is 4.92 Å². The zero-order valence-electron chi connectivity index (χ0n) is 10.3. The molecule has 0 aromatic heterocycles. The largest absolute Gasteiger partial charge is 0.336 e. The van der Waals surface area contributed by atoms with Crippen LogP contribution >= 0.6 is 0 Å². The van der Waals surface area contributed by atoms with E-state index in [1.807, 2.05) is 6.92 Å². The minimum absolute atomic E-state index is 0.111. The lowest BCUT2D eigenvalue weighted by molar-refractivity contribution is -0.385. The highest BCUT2D eigenvalue weighted by Gasteiger charge is 2.28. The van der Waals surface area contributed by atoms with Gasteiger partial charge in [-0.15, -0.1) is 0 Å². The van der Waals surface area contributed by atoms with E-state index in [4.69, 9.17) is 0 Å². The number of hydrogen-bond donors (Lipinski definition) is 0. The lowest BCUT2D eigenvalue weighted by Crippen LogP contribution is -2.42. The second kappa shape index (κ2) is 5.16. The molecule has 96 valence electrons. The summed E-state index contributed by atoms with van der Waals surface area (Å²) in [6.07, 6.45) is 3.05. The molecule has 18 heavy (non-hydrogen) atoms. The van der Waals surface area contributed by atoms with Gasteiger partial charge in [0.2, 0.25) is 0 Å².